The fraction of sp³-hybridized carbons (Fsp3) is 0.200. The number of hydrogen-bond donors (Lipinski definition) is 2. The van der Waals surface area contributed by atoms with Gasteiger partial charge < -0.3 is 10.6 Å². The van der Waals surface area contributed by atoms with E-state index in [9.17, 15) is 4.79 Å². The molecule has 128 valence electrons. The van der Waals surface area contributed by atoms with Gasteiger partial charge in [0.25, 0.3) is 0 Å². The number of rotatable bonds is 6. The maximum absolute atomic E-state index is 12.2. The first-order valence-corrected chi connectivity index (χ1v) is 9.02. The summed E-state index contributed by atoms with van der Waals surface area (Å²) >= 11 is 1.51. The van der Waals surface area contributed by atoms with Crippen molar-refractivity contribution in [2.24, 2.45) is 0 Å². The van der Waals surface area contributed by atoms with Crippen LogP contribution < -0.4 is 10.6 Å². The summed E-state index contributed by atoms with van der Waals surface area (Å²) in [6.07, 6.45) is 2.65. The fourth-order valence-electron chi connectivity index (χ4n) is 2.67. The van der Waals surface area contributed by atoms with Gasteiger partial charge in [0.05, 0.1) is 6.54 Å². The van der Waals surface area contributed by atoms with Gasteiger partial charge in [-0.05, 0) is 30.5 Å². The van der Waals surface area contributed by atoms with E-state index in [0.717, 1.165) is 28.1 Å². The lowest BCUT2D eigenvalue weighted by Crippen LogP contribution is -2.22. The fourth-order valence-corrected chi connectivity index (χ4v) is 3.53. The van der Waals surface area contributed by atoms with Crippen LogP contribution in [-0.2, 0) is 11.2 Å². The molecule has 1 aromatic heterocycles. The Morgan fingerprint density at radius 2 is 1.76 bits per heavy atom. The highest BCUT2D eigenvalue weighted by Crippen LogP contribution is 2.22. The smallest absolute Gasteiger partial charge is 0.245 e. The number of aromatic nitrogens is 1. The van der Waals surface area contributed by atoms with Gasteiger partial charge in [0.15, 0.2) is 5.13 Å². The van der Waals surface area contributed by atoms with Gasteiger partial charge in [-0.15, -0.1) is 11.3 Å². The maximum Gasteiger partial charge on any atom is 0.245 e. The SMILES string of the molecule is Cc1cccc(C)c1NCC(=O)Nc1ncc(Cc2ccccc2)s1. The largest absolute Gasteiger partial charge is 0.376 e. The van der Waals surface area contributed by atoms with E-state index in [1.807, 2.05) is 56.4 Å². The molecule has 5 heteroatoms. The van der Waals surface area contributed by atoms with Crippen LogP contribution in [0.1, 0.15) is 21.6 Å². The second kappa shape index (κ2) is 7.94. The van der Waals surface area contributed by atoms with E-state index in [4.69, 9.17) is 0 Å². The Morgan fingerprint density at radius 1 is 1.04 bits per heavy atom. The van der Waals surface area contributed by atoms with Crippen LogP contribution in [0.15, 0.2) is 54.7 Å². The minimum Gasteiger partial charge on any atom is -0.376 e. The number of aryl methyl sites for hydroxylation is 2. The van der Waals surface area contributed by atoms with Gasteiger partial charge in [0.1, 0.15) is 0 Å². The molecule has 0 unspecified atom stereocenters. The first-order chi connectivity index (χ1) is 12.1. The molecule has 0 fully saturated rings. The molecule has 1 heterocycles. The summed E-state index contributed by atoms with van der Waals surface area (Å²) in [5.41, 5.74) is 4.52. The van der Waals surface area contributed by atoms with Crippen molar-refractivity contribution in [3.8, 4) is 0 Å². The number of hydrogen-bond acceptors (Lipinski definition) is 4. The van der Waals surface area contributed by atoms with E-state index in [2.05, 4.69) is 27.8 Å². The quantitative estimate of drug-likeness (QED) is 0.692. The van der Waals surface area contributed by atoms with Crippen molar-refractivity contribution in [1.82, 2.24) is 4.98 Å². The number of amides is 1. The predicted molar refractivity (Wildman–Crippen MR) is 104 cm³/mol. The van der Waals surface area contributed by atoms with Gasteiger partial charge in [0.2, 0.25) is 5.91 Å². The van der Waals surface area contributed by atoms with Crippen LogP contribution in [0.25, 0.3) is 0 Å². The summed E-state index contributed by atoms with van der Waals surface area (Å²) < 4.78 is 0. The molecule has 3 rings (SSSR count). The Labute approximate surface area is 151 Å². The second-order valence-electron chi connectivity index (χ2n) is 5.96. The van der Waals surface area contributed by atoms with Crippen LogP contribution in [0.4, 0.5) is 10.8 Å². The average Bonchev–Trinajstić information content (AvgIpc) is 3.02. The number of nitrogens with zero attached hydrogens (tertiary/aromatic N) is 1. The molecular weight excluding hydrogens is 330 g/mol. The van der Waals surface area contributed by atoms with E-state index in [-0.39, 0.29) is 12.5 Å². The van der Waals surface area contributed by atoms with Gasteiger partial charge in [-0.3, -0.25) is 4.79 Å². The number of benzene rings is 2. The zero-order valence-electron chi connectivity index (χ0n) is 14.4. The lowest BCUT2D eigenvalue weighted by atomic mass is 10.1. The molecule has 0 bridgehead atoms. The minimum atomic E-state index is -0.0942. The third-order valence-corrected chi connectivity index (χ3v) is 4.84. The highest BCUT2D eigenvalue weighted by molar-refractivity contribution is 7.15. The van der Waals surface area contributed by atoms with Crippen LogP contribution in [0.3, 0.4) is 0 Å². The van der Waals surface area contributed by atoms with Gasteiger partial charge in [-0.25, -0.2) is 4.98 Å². The van der Waals surface area contributed by atoms with Gasteiger partial charge >= 0.3 is 0 Å². The Balaban J connectivity index is 1.55. The third kappa shape index (κ3) is 4.67. The Morgan fingerprint density at radius 3 is 2.48 bits per heavy atom. The highest BCUT2D eigenvalue weighted by Gasteiger charge is 2.09. The summed E-state index contributed by atoms with van der Waals surface area (Å²) in [6, 6.07) is 16.3. The van der Waals surface area contributed by atoms with Crippen LogP contribution in [-0.4, -0.2) is 17.4 Å². The zero-order valence-corrected chi connectivity index (χ0v) is 15.2. The van der Waals surface area contributed by atoms with E-state index in [0.29, 0.717) is 5.13 Å². The number of anilines is 2. The number of nitrogens with one attached hydrogen (secondary N) is 2. The summed E-state index contributed by atoms with van der Waals surface area (Å²) in [5, 5.41) is 6.71. The molecule has 0 aliphatic carbocycles. The number of carbonyl (C=O) groups is 1. The molecule has 0 saturated carbocycles. The molecular formula is C20H21N3OS. The first-order valence-electron chi connectivity index (χ1n) is 8.20. The molecule has 2 N–H and O–H groups in total. The summed E-state index contributed by atoms with van der Waals surface area (Å²) in [7, 11) is 0. The predicted octanol–water partition coefficient (Wildman–Crippen LogP) is 4.40. The van der Waals surface area contributed by atoms with Crippen molar-refractivity contribution < 1.29 is 4.79 Å². The molecule has 0 aliphatic heterocycles. The van der Waals surface area contributed by atoms with E-state index in [1.165, 1.54) is 16.9 Å². The number of thiazole rings is 1. The minimum absolute atomic E-state index is 0.0942. The summed E-state index contributed by atoms with van der Waals surface area (Å²) in [6.45, 7) is 4.28. The molecule has 4 nitrogen and oxygen atoms in total. The number of para-hydroxylation sites is 1. The Bertz CT molecular complexity index is 838. The molecule has 2 aromatic carbocycles. The highest BCUT2D eigenvalue weighted by atomic mass is 32.1. The van der Waals surface area contributed by atoms with Crippen LogP contribution >= 0.6 is 11.3 Å². The average molecular weight is 351 g/mol. The molecule has 3 aromatic rings. The van der Waals surface area contributed by atoms with E-state index >= 15 is 0 Å². The normalized spacial score (nSPS) is 10.5. The molecule has 0 atom stereocenters. The molecule has 0 radical (unpaired) electrons. The van der Waals surface area contributed by atoms with Crippen LogP contribution in [0.5, 0.6) is 0 Å². The van der Waals surface area contributed by atoms with Crippen LogP contribution in [0, 0.1) is 13.8 Å². The van der Waals surface area contributed by atoms with Gasteiger partial charge in [-0.1, -0.05) is 48.5 Å². The third-order valence-electron chi connectivity index (χ3n) is 3.93. The molecule has 25 heavy (non-hydrogen) atoms. The van der Waals surface area contributed by atoms with Crippen molar-refractivity contribution in [3.05, 3.63) is 76.3 Å². The van der Waals surface area contributed by atoms with Crippen LogP contribution in [0.2, 0.25) is 0 Å². The second-order valence-corrected chi connectivity index (χ2v) is 7.08. The lowest BCUT2D eigenvalue weighted by molar-refractivity contribution is -0.114. The van der Waals surface area contributed by atoms with Crippen molar-refractivity contribution in [3.63, 3.8) is 0 Å². The standard InChI is InChI=1S/C20H21N3OS/c1-14-7-6-8-15(2)19(14)21-13-18(24)23-20-22-12-17(25-20)11-16-9-4-3-5-10-16/h3-10,12,21H,11,13H2,1-2H3,(H,22,23,24). The topological polar surface area (TPSA) is 54.0 Å². The Kier molecular flexibility index (Phi) is 5.46. The van der Waals surface area contributed by atoms with Crippen molar-refractivity contribution in [2.75, 3.05) is 17.2 Å². The first kappa shape index (κ1) is 17.2. The summed E-state index contributed by atoms with van der Waals surface area (Å²) in [5.74, 6) is -0.0942. The molecule has 0 spiro atoms. The summed E-state index contributed by atoms with van der Waals surface area (Å²) in [4.78, 5) is 17.6. The monoisotopic (exact) mass is 351 g/mol. The van der Waals surface area contributed by atoms with Crippen molar-refractivity contribution >= 4 is 28.1 Å². The molecule has 0 aliphatic rings. The van der Waals surface area contributed by atoms with E-state index in [1.54, 1.807) is 0 Å². The van der Waals surface area contributed by atoms with Gasteiger partial charge in [-0.2, -0.15) is 0 Å². The van der Waals surface area contributed by atoms with Gasteiger partial charge in [0, 0.05) is 23.2 Å². The lowest BCUT2D eigenvalue weighted by Gasteiger charge is -2.11. The molecule has 1 amide bonds. The Hall–Kier alpha value is -2.66. The van der Waals surface area contributed by atoms with Crippen molar-refractivity contribution in [2.45, 2.75) is 20.3 Å². The van der Waals surface area contributed by atoms with E-state index < -0.39 is 0 Å². The molecule has 0 saturated heterocycles. The maximum atomic E-state index is 12.2. The number of carbonyl (C=O) groups excluding carboxylic acids is 1. The van der Waals surface area contributed by atoms with Crippen molar-refractivity contribution in [1.29, 1.82) is 0 Å². The zero-order chi connectivity index (χ0) is 17.6.